The first kappa shape index (κ1) is 14.3. The molecule has 0 nitrogen and oxygen atoms in total. The van der Waals surface area contributed by atoms with E-state index in [2.05, 4.69) is 0 Å². The highest BCUT2D eigenvalue weighted by Gasteiger charge is 2.20. The Balaban J connectivity index is 2.80. The van der Waals surface area contributed by atoms with Gasteiger partial charge >= 0.3 is 0 Å². The van der Waals surface area contributed by atoms with Gasteiger partial charge in [0.1, 0.15) is 0 Å². The van der Waals surface area contributed by atoms with Crippen molar-refractivity contribution >= 4 is 58.0 Å². The molecule has 2 aromatic carbocycles. The van der Waals surface area contributed by atoms with E-state index in [-0.39, 0.29) is 15.1 Å². The summed E-state index contributed by atoms with van der Waals surface area (Å²) in [5.41, 5.74) is 2.54. The lowest BCUT2D eigenvalue weighted by atomic mass is 10.0. The average Bonchev–Trinajstić information content (AvgIpc) is 2.34. The van der Waals surface area contributed by atoms with E-state index in [0.29, 0.717) is 15.6 Å². The molecule has 18 heavy (non-hydrogen) atoms. The van der Waals surface area contributed by atoms with E-state index >= 15 is 0 Å². The maximum absolute atomic E-state index is 6.20. The maximum atomic E-state index is 6.20. The highest BCUT2D eigenvalue weighted by molar-refractivity contribution is 6.56. The summed E-state index contributed by atoms with van der Waals surface area (Å²) in [6.45, 7) is 1.98. The molecule has 2 rings (SSSR count). The number of hydrogen-bond donors (Lipinski definition) is 0. The molecule has 5 heteroatoms. The van der Waals surface area contributed by atoms with E-state index in [9.17, 15) is 0 Å². The monoisotopic (exact) mass is 338 g/mol. The van der Waals surface area contributed by atoms with Crippen molar-refractivity contribution in [3.63, 3.8) is 0 Å². The fourth-order valence-electron chi connectivity index (χ4n) is 1.66. The molecule has 0 bridgehead atoms. The average molecular weight is 340 g/mol. The van der Waals surface area contributed by atoms with Crippen LogP contribution in [-0.4, -0.2) is 0 Å². The number of halogens is 5. The second-order valence-electron chi connectivity index (χ2n) is 3.81. The summed E-state index contributed by atoms with van der Waals surface area (Å²) in [6.07, 6.45) is 0. The van der Waals surface area contributed by atoms with Crippen molar-refractivity contribution in [3.05, 3.63) is 54.9 Å². The molecule has 0 spiro atoms. The van der Waals surface area contributed by atoms with E-state index in [4.69, 9.17) is 58.0 Å². The first-order chi connectivity index (χ1) is 8.43. The molecule has 0 radical (unpaired) electrons. The van der Waals surface area contributed by atoms with Crippen molar-refractivity contribution in [2.24, 2.45) is 0 Å². The van der Waals surface area contributed by atoms with Crippen LogP contribution in [0.15, 0.2) is 24.3 Å². The summed E-state index contributed by atoms with van der Waals surface area (Å²) in [4.78, 5) is 0. The minimum atomic E-state index is 0.171. The molecule has 0 unspecified atom stereocenters. The zero-order valence-corrected chi connectivity index (χ0v) is 13.0. The molecule has 0 amide bonds. The lowest BCUT2D eigenvalue weighted by molar-refractivity contribution is 1.47. The second kappa shape index (κ2) is 5.48. The van der Waals surface area contributed by atoms with Gasteiger partial charge < -0.3 is 0 Å². The van der Waals surface area contributed by atoms with Gasteiger partial charge in [0.25, 0.3) is 0 Å². The minimum absolute atomic E-state index is 0.171. The highest BCUT2D eigenvalue weighted by Crippen LogP contribution is 2.48. The Morgan fingerprint density at radius 2 is 1.22 bits per heavy atom. The third-order valence-corrected chi connectivity index (χ3v) is 4.79. The van der Waals surface area contributed by atoms with Crippen molar-refractivity contribution in [2.45, 2.75) is 6.92 Å². The molecule has 0 atom stereocenters. The second-order valence-corrected chi connectivity index (χ2v) is 5.70. The van der Waals surface area contributed by atoms with E-state index in [1.54, 1.807) is 0 Å². The predicted molar refractivity (Wildman–Crippen MR) is 81.7 cm³/mol. The van der Waals surface area contributed by atoms with Gasteiger partial charge in [-0.2, -0.15) is 0 Å². The topological polar surface area (TPSA) is 0 Å². The molecule has 2 aromatic rings. The zero-order chi connectivity index (χ0) is 13.4. The standard InChI is InChI=1S/C13H7Cl5/c1-6-3-2-4-7(5-6)8-9(14)11(16)13(18)12(17)10(8)15/h2-5H,1H3. The molecule has 0 aliphatic carbocycles. The molecule has 0 aliphatic heterocycles. The molecular formula is C13H7Cl5. The lowest BCUT2D eigenvalue weighted by Gasteiger charge is -2.13. The van der Waals surface area contributed by atoms with Gasteiger partial charge in [-0.25, -0.2) is 0 Å². The summed E-state index contributed by atoms with van der Waals surface area (Å²) in [6, 6.07) is 7.73. The van der Waals surface area contributed by atoms with Crippen LogP contribution in [0, 0.1) is 6.92 Å². The van der Waals surface area contributed by atoms with E-state index in [1.807, 2.05) is 31.2 Å². The van der Waals surface area contributed by atoms with Gasteiger partial charge in [0.15, 0.2) is 0 Å². The van der Waals surface area contributed by atoms with Gasteiger partial charge in [-0.3, -0.25) is 0 Å². The third kappa shape index (κ3) is 2.45. The van der Waals surface area contributed by atoms with Crippen molar-refractivity contribution in [1.29, 1.82) is 0 Å². The van der Waals surface area contributed by atoms with Crippen molar-refractivity contribution in [2.75, 3.05) is 0 Å². The lowest BCUT2D eigenvalue weighted by Crippen LogP contribution is -1.87. The summed E-state index contributed by atoms with van der Waals surface area (Å²) in [5.74, 6) is 0. The molecular weight excluding hydrogens is 333 g/mol. The molecule has 0 fully saturated rings. The predicted octanol–water partition coefficient (Wildman–Crippen LogP) is 6.93. The number of benzene rings is 2. The van der Waals surface area contributed by atoms with Crippen molar-refractivity contribution in [1.82, 2.24) is 0 Å². The number of aryl methyl sites for hydroxylation is 1. The molecule has 0 N–H and O–H groups in total. The fourth-order valence-corrected chi connectivity index (χ4v) is 3.02. The van der Waals surface area contributed by atoms with Crippen LogP contribution in [-0.2, 0) is 0 Å². The number of hydrogen-bond acceptors (Lipinski definition) is 0. The van der Waals surface area contributed by atoms with Crippen LogP contribution in [0.3, 0.4) is 0 Å². The van der Waals surface area contributed by atoms with Crippen molar-refractivity contribution < 1.29 is 0 Å². The first-order valence-corrected chi connectivity index (χ1v) is 6.91. The van der Waals surface area contributed by atoms with Crippen LogP contribution in [0.25, 0.3) is 11.1 Å². The smallest absolute Gasteiger partial charge is 0.0809 e. The maximum Gasteiger partial charge on any atom is 0.0809 e. The Morgan fingerprint density at radius 1 is 0.722 bits per heavy atom. The minimum Gasteiger partial charge on any atom is -0.0819 e. The first-order valence-electron chi connectivity index (χ1n) is 5.02. The van der Waals surface area contributed by atoms with Crippen LogP contribution in [0.4, 0.5) is 0 Å². The Bertz CT molecular complexity index is 590. The van der Waals surface area contributed by atoms with E-state index in [0.717, 1.165) is 11.1 Å². The summed E-state index contributed by atoms with van der Waals surface area (Å²) in [7, 11) is 0. The Kier molecular flexibility index (Phi) is 4.36. The van der Waals surface area contributed by atoms with Crippen molar-refractivity contribution in [3.8, 4) is 11.1 Å². The van der Waals surface area contributed by atoms with Gasteiger partial charge in [-0.1, -0.05) is 87.8 Å². The molecule has 94 valence electrons. The van der Waals surface area contributed by atoms with Crippen LogP contribution in [0.2, 0.25) is 25.1 Å². The summed E-state index contributed by atoms with van der Waals surface area (Å²) >= 11 is 30.4. The SMILES string of the molecule is Cc1cccc(-c2c(Cl)c(Cl)c(Cl)c(Cl)c2Cl)c1. The van der Waals surface area contributed by atoms with Crippen LogP contribution in [0.1, 0.15) is 5.56 Å². The zero-order valence-electron chi connectivity index (χ0n) is 9.20. The van der Waals surface area contributed by atoms with E-state index < -0.39 is 0 Å². The van der Waals surface area contributed by atoms with E-state index in [1.165, 1.54) is 0 Å². The fraction of sp³-hybridized carbons (Fsp3) is 0.0769. The molecule has 0 aromatic heterocycles. The highest BCUT2D eigenvalue weighted by atomic mass is 35.5. The van der Waals surface area contributed by atoms with Gasteiger partial charge in [-0.05, 0) is 12.5 Å². The molecule has 0 aliphatic rings. The summed E-state index contributed by atoms with van der Waals surface area (Å²) in [5, 5.41) is 1.21. The quantitative estimate of drug-likeness (QED) is 0.390. The van der Waals surface area contributed by atoms with Crippen LogP contribution < -0.4 is 0 Å². The summed E-state index contributed by atoms with van der Waals surface area (Å²) < 4.78 is 0. The molecule has 0 heterocycles. The Labute approximate surface area is 130 Å². The molecule has 0 saturated carbocycles. The number of rotatable bonds is 1. The Hall–Kier alpha value is -0.110. The van der Waals surface area contributed by atoms with Gasteiger partial charge in [0.05, 0.1) is 25.1 Å². The van der Waals surface area contributed by atoms with Crippen LogP contribution in [0.5, 0.6) is 0 Å². The largest absolute Gasteiger partial charge is 0.0819 e. The molecule has 0 saturated heterocycles. The normalized spacial score (nSPS) is 10.8. The van der Waals surface area contributed by atoms with Gasteiger partial charge in [0.2, 0.25) is 0 Å². The third-order valence-electron chi connectivity index (χ3n) is 2.52. The van der Waals surface area contributed by atoms with Gasteiger partial charge in [-0.15, -0.1) is 0 Å². The van der Waals surface area contributed by atoms with Crippen LogP contribution >= 0.6 is 58.0 Å². The Morgan fingerprint density at radius 3 is 1.72 bits per heavy atom. The van der Waals surface area contributed by atoms with Gasteiger partial charge in [0, 0.05) is 5.56 Å².